The number of nitrogens with zero attached hydrogens (tertiary/aromatic N) is 1. The van der Waals surface area contributed by atoms with E-state index in [9.17, 15) is 14.7 Å². The van der Waals surface area contributed by atoms with Crippen molar-refractivity contribution in [2.75, 3.05) is 27.4 Å². The molecular formula is C26H30ClNO5. The van der Waals surface area contributed by atoms with E-state index < -0.39 is 17.7 Å². The molecule has 1 atom stereocenters. The number of hydrogen-bond donors (Lipinski definition) is 1. The van der Waals surface area contributed by atoms with Crippen LogP contribution in [0.4, 0.5) is 0 Å². The lowest BCUT2D eigenvalue weighted by Gasteiger charge is -2.26. The molecule has 6 nitrogen and oxygen atoms in total. The van der Waals surface area contributed by atoms with E-state index in [1.807, 2.05) is 24.3 Å². The van der Waals surface area contributed by atoms with Crippen LogP contribution in [0.1, 0.15) is 49.9 Å². The van der Waals surface area contributed by atoms with Crippen molar-refractivity contribution in [3.8, 4) is 5.75 Å². The second-order valence-corrected chi connectivity index (χ2v) is 9.49. The molecule has 2 aromatic rings. The zero-order valence-electron chi connectivity index (χ0n) is 19.6. The number of rotatable bonds is 7. The summed E-state index contributed by atoms with van der Waals surface area (Å²) in [5.41, 5.74) is 2.09. The lowest BCUT2D eigenvalue weighted by atomic mass is 9.85. The molecule has 7 heteroatoms. The number of Topliss-reactive ketones (excluding diaryl/α,β-unsaturated/α-hetero) is 1. The Labute approximate surface area is 199 Å². The number of methoxy groups -OCH3 is 2. The van der Waals surface area contributed by atoms with Gasteiger partial charge in [-0.05, 0) is 41.2 Å². The molecule has 0 aromatic heterocycles. The summed E-state index contributed by atoms with van der Waals surface area (Å²) in [5.74, 6) is -1.36. The molecule has 0 spiro atoms. The van der Waals surface area contributed by atoms with Gasteiger partial charge in [0.1, 0.15) is 11.5 Å². The fourth-order valence-electron chi connectivity index (χ4n) is 4.01. The third kappa shape index (κ3) is 5.07. The number of hydrogen-bond acceptors (Lipinski definition) is 5. The number of ketones is 1. The molecule has 1 saturated heterocycles. The Hall–Kier alpha value is -2.83. The van der Waals surface area contributed by atoms with Crippen LogP contribution in [-0.4, -0.2) is 49.1 Å². The predicted molar refractivity (Wildman–Crippen MR) is 129 cm³/mol. The van der Waals surface area contributed by atoms with E-state index in [2.05, 4.69) is 20.8 Å². The topological polar surface area (TPSA) is 76.1 Å². The van der Waals surface area contributed by atoms with Crippen molar-refractivity contribution in [2.45, 2.75) is 38.6 Å². The summed E-state index contributed by atoms with van der Waals surface area (Å²) in [5, 5.41) is 11.6. The number of ether oxygens (including phenoxy) is 2. The SMILES string of the molecule is COCCCN1C(=O)C(=O)/C(=C(/O)c2cc(Cl)ccc2OC)C1c1ccc(C(C)(C)C)cc1. The summed E-state index contributed by atoms with van der Waals surface area (Å²) in [4.78, 5) is 27.6. The highest BCUT2D eigenvalue weighted by molar-refractivity contribution is 6.46. The van der Waals surface area contributed by atoms with Crippen molar-refractivity contribution >= 4 is 29.1 Å². The molecule has 0 bridgehead atoms. The third-order valence-corrected chi connectivity index (χ3v) is 6.03. The van der Waals surface area contributed by atoms with E-state index in [1.54, 1.807) is 19.2 Å². The van der Waals surface area contributed by atoms with Crippen LogP contribution in [-0.2, 0) is 19.7 Å². The average molecular weight is 472 g/mol. The second-order valence-electron chi connectivity index (χ2n) is 9.06. The van der Waals surface area contributed by atoms with Crippen LogP contribution < -0.4 is 4.74 Å². The summed E-state index contributed by atoms with van der Waals surface area (Å²) in [6.07, 6.45) is 0.556. The first-order chi connectivity index (χ1) is 15.6. The standard InChI is InChI=1S/C26H30ClNO5/c1-26(2,3)17-9-7-16(8-10-17)22-21(24(30)25(31)28(22)13-6-14-32-4)23(29)19-15-18(27)11-12-20(19)33-5/h7-12,15,22,29H,6,13-14H2,1-5H3/b23-21+. The molecule has 0 saturated carbocycles. The van der Waals surface area contributed by atoms with Crippen molar-refractivity contribution in [1.82, 2.24) is 4.90 Å². The Balaban J connectivity index is 2.18. The molecule has 176 valence electrons. The van der Waals surface area contributed by atoms with Gasteiger partial charge >= 0.3 is 0 Å². The van der Waals surface area contributed by atoms with Crippen molar-refractivity contribution < 1.29 is 24.2 Å². The monoisotopic (exact) mass is 471 g/mol. The summed E-state index contributed by atoms with van der Waals surface area (Å²) < 4.78 is 10.5. The van der Waals surface area contributed by atoms with Crippen LogP contribution in [0, 0.1) is 0 Å². The highest BCUT2D eigenvalue weighted by Crippen LogP contribution is 2.41. The number of likely N-dealkylation sites (tertiary alicyclic amines) is 1. The predicted octanol–water partition coefficient (Wildman–Crippen LogP) is 5.10. The fraction of sp³-hybridized carbons (Fsp3) is 0.385. The lowest BCUT2D eigenvalue weighted by molar-refractivity contribution is -0.140. The molecule has 1 aliphatic rings. The highest BCUT2D eigenvalue weighted by atomic mass is 35.5. The van der Waals surface area contributed by atoms with E-state index in [1.165, 1.54) is 18.1 Å². The Kier molecular flexibility index (Phi) is 7.50. The van der Waals surface area contributed by atoms with Gasteiger partial charge in [-0.25, -0.2) is 0 Å². The maximum absolute atomic E-state index is 13.1. The normalized spacial score (nSPS) is 18.1. The number of aliphatic hydroxyl groups excluding tert-OH is 1. The minimum atomic E-state index is -0.739. The smallest absolute Gasteiger partial charge is 0.295 e. The van der Waals surface area contributed by atoms with Crippen LogP contribution in [0.5, 0.6) is 5.75 Å². The van der Waals surface area contributed by atoms with E-state index in [0.717, 1.165) is 11.1 Å². The molecule has 0 radical (unpaired) electrons. The van der Waals surface area contributed by atoms with Gasteiger partial charge in [-0.3, -0.25) is 9.59 Å². The van der Waals surface area contributed by atoms with E-state index in [4.69, 9.17) is 21.1 Å². The van der Waals surface area contributed by atoms with Crippen LogP contribution in [0.25, 0.3) is 5.76 Å². The third-order valence-electron chi connectivity index (χ3n) is 5.80. The van der Waals surface area contributed by atoms with Crippen LogP contribution in [0.2, 0.25) is 5.02 Å². The van der Waals surface area contributed by atoms with Crippen molar-refractivity contribution in [1.29, 1.82) is 0 Å². The molecule has 1 aliphatic heterocycles. The minimum Gasteiger partial charge on any atom is -0.507 e. The van der Waals surface area contributed by atoms with Gasteiger partial charge in [0.2, 0.25) is 0 Å². The van der Waals surface area contributed by atoms with E-state index >= 15 is 0 Å². The minimum absolute atomic E-state index is 0.0153. The first-order valence-corrected chi connectivity index (χ1v) is 11.2. The van der Waals surface area contributed by atoms with Gasteiger partial charge in [0.15, 0.2) is 0 Å². The Morgan fingerprint density at radius 3 is 2.33 bits per heavy atom. The molecule has 1 unspecified atom stereocenters. The van der Waals surface area contributed by atoms with Crippen molar-refractivity contribution in [3.05, 3.63) is 69.8 Å². The van der Waals surface area contributed by atoms with Gasteiger partial charge in [-0.1, -0.05) is 56.6 Å². The molecule has 3 rings (SSSR count). The van der Waals surface area contributed by atoms with Crippen LogP contribution in [0.15, 0.2) is 48.0 Å². The van der Waals surface area contributed by atoms with Gasteiger partial charge in [0.05, 0.1) is 24.3 Å². The first kappa shape index (κ1) is 24.8. The number of aliphatic hydroxyl groups is 1. The number of halogens is 1. The maximum Gasteiger partial charge on any atom is 0.295 e. The van der Waals surface area contributed by atoms with E-state index in [0.29, 0.717) is 30.3 Å². The van der Waals surface area contributed by atoms with E-state index in [-0.39, 0.29) is 22.3 Å². The zero-order chi connectivity index (χ0) is 24.3. The molecule has 2 aromatic carbocycles. The molecule has 0 aliphatic carbocycles. The first-order valence-electron chi connectivity index (χ1n) is 10.8. The summed E-state index contributed by atoms with van der Waals surface area (Å²) in [7, 11) is 3.05. The van der Waals surface area contributed by atoms with Crippen LogP contribution in [0.3, 0.4) is 0 Å². The van der Waals surface area contributed by atoms with Gasteiger partial charge in [-0.15, -0.1) is 0 Å². The van der Waals surface area contributed by atoms with Crippen molar-refractivity contribution in [3.63, 3.8) is 0 Å². The summed E-state index contributed by atoms with van der Waals surface area (Å²) >= 11 is 6.15. The Morgan fingerprint density at radius 1 is 1.09 bits per heavy atom. The van der Waals surface area contributed by atoms with Gasteiger partial charge in [0.25, 0.3) is 11.7 Å². The second kappa shape index (κ2) is 9.98. The van der Waals surface area contributed by atoms with Gasteiger partial charge in [-0.2, -0.15) is 0 Å². The number of carbonyl (C=O) groups is 2. The van der Waals surface area contributed by atoms with Gasteiger partial charge in [0, 0.05) is 25.3 Å². The highest BCUT2D eigenvalue weighted by Gasteiger charge is 2.46. The van der Waals surface area contributed by atoms with Gasteiger partial charge < -0.3 is 19.5 Å². The molecule has 1 fully saturated rings. The number of amides is 1. The largest absolute Gasteiger partial charge is 0.507 e. The maximum atomic E-state index is 13.1. The molecule has 33 heavy (non-hydrogen) atoms. The molecule has 1 amide bonds. The molecular weight excluding hydrogens is 442 g/mol. The molecule has 1 N–H and O–H groups in total. The van der Waals surface area contributed by atoms with Crippen LogP contribution >= 0.6 is 11.6 Å². The average Bonchev–Trinajstić information content (AvgIpc) is 3.03. The summed E-state index contributed by atoms with van der Waals surface area (Å²) in [6.45, 7) is 7.10. The Morgan fingerprint density at radius 2 is 1.76 bits per heavy atom. The lowest BCUT2D eigenvalue weighted by Crippen LogP contribution is -2.31. The Bertz CT molecular complexity index is 1070. The quantitative estimate of drug-likeness (QED) is 0.263. The molecule has 1 heterocycles. The fourth-order valence-corrected chi connectivity index (χ4v) is 4.18. The summed E-state index contributed by atoms with van der Waals surface area (Å²) in [6, 6.07) is 11.8. The number of benzene rings is 2. The van der Waals surface area contributed by atoms with Crippen molar-refractivity contribution in [2.24, 2.45) is 0 Å². The zero-order valence-corrected chi connectivity index (χ0v) is 20.4. The number of carbonyl (C=O) groups excluding carboxylic acids is 2.